The summed E-state index contributed by atoms with van der Waals surface area (Å²) in [5.74, 6) is -0.348. The van der Waals surface area contributed by atoms with Crippen molar-refractivity contribution in [3.05, 3.63) is 45.6 Å². The van der Waals surface area contributed by atoms with E-state index in [-0.39, 0.29) is 22.5 Å². The molecule has 12 heteroatoms. The number of hydrogen-bond acceptors (Lipinski definition) is 8. The number of ether oxygens (including phenoxy) is 1. The van der Waals surface area contributed by atoms with Gasteiger partial charge in [0.05, 0.1) is 23.8 Å². The smallest absolute Gasteiger partial charge is 0.316 e. The number of rotatable bonds is 5. The molecule has 0 aliphatic carbocycles. The predicted molar refractivity (Wildman–Crippen MR) is 116 cm³/mol. The molecule has 1 aliphatic heterocycles. The van der Waals surface area contributed by atoms with E-state index in [4.69, 9.17) is 20.9 Å². The van der Waals surface area contributed by atoms with E-state index in [0.717, 1.165) is 0 Å². The Kier molecular flexibility index (Phi) is 6.02. The van der Waals surface area contributed by atoms with Crippen molar-refractivity contribution in [3.63, 3.8) is 0 Å². The van der Waals surface area contributed by atoms with E-state index in [2.05, 4.69) is 14.9 Å². The summed E-state index contributed by atoms with van der Waals surface area (Å²) in [6, 6.07) is 6.38. The van der Waals surface area contributed by atoms with Crippen LogP contribution in [0.4, 0.5) is 5.69 Å². The van der Waals surface area contributed by atoms with Gasteiger partial charge in [-0.1, -0.05) is 16.8 Å². The summed E-state index contributed by atoms with van der Waals surface area (Å²) in [7, 11) is -3.85. The summed E-state index contributed by atoms with van der Waals surface area (Å²) in [6.07, 6.45) is 0. The van der Waals surface area contributed by atoms with Crippen molar-refractivity contribution in [2.45, 2.75) is 18.7 Å². The zero-order valence-electron chi connectivity index (χ0n) is 16.7. The molecule has 3 heterocycles. The summed E-state index contributed by atoms with van der Waals surface area (Å²) in [5, 5.41) is 4.38. The zero-order valence-corrected chi connectivity index (χ0v) is 19.1. The SMILES string of the molecule is Cc1cc(Cl)ccc1NS(=O)(=O)c1cc(-c2noc(C(=O)N3CCOCC3)n2)sc1C. The first-order chi connectivity index (χ1) is 14.7. The minimum absolute atomic E-state index is 0.104. The van der Waals surface area contributed by atoms with Gasteiger partial charge in [0.25, 0.3) is 10.0 Å². The minimum Gasteiger partial charge on any atom is -0.378 e. The quantitative estimate of drug-likeness (QED) is 0.593. The summed E-state index contributed by atoms with van der Waals surface area (Å²) >= 11 is 7.15. The highest BCUT2D eigenvalue weighted by Crippen LogP contribution is 2.33. The third kappa shape index (κ3) is 4.59. The molecule has 0 atom stereocenters. The molecular formula is C19H19ClN4O5S2. The van der Waals surface area contributed by atoms with Crippen LogP contribution in [0.5, 0.6) is 0 Å². The second-order valence-corrected chi connectivity index (χ2v) is 10.3. The molecule has 1 amide bonds. The van der Waals surface area contributed by atoms with Crippen LogP contribution in [0.25, 0.3) is 10.7 Å². The number of aromatic nitrogens is 2. The van der Waals surface area contributed by atoms with E-state index in [1.54, 1.807) is 36.9 Å². The molecule has 4 rings (SSSR count). The second kappa shape index (κ2) is 8.58. The van der Waals surface area contributed by atoms with Crippen LogP contribution in [-0.4, -0.2) is 55.7 Å². The van der Waals surface area contributed by atoms with Crippen LogP contribution in [0.3, 0.4) is 0 Å². The number of halogens is 1. The Morgan fingerprint density at radius 2 is 1.97 bits per heavy atom. The van der Waals surface area contributed by atoms with E-state index < -0.39 is 10.0 Å². The Hall–Kier alpha value is -2.47. The van der Waals surface area contributed by atoms with Crippen molar-refractivity contribution in [2.75, 3.05) is 31.0 Å². The standard InChI is InChI=1S/C19H19ClN4O5S2/c1-11-9-13(20)3-4-14(11)23-31(26,27)16-10-15(30-12(16)2)17-21-18(29-22-17)19(25)24-5-7-28-8-6-24/h3-4,9-10,23H,5-8H2,1-2H3. The number of thiophene rings is 1. The van der Waals surface area contributed by atoms with Gasteiger partial charge in [0.2, 0.25) is 5.82 Å². The van der Waals surface area contributed by atoms with E-state index >= 15 is 0 Å². The number of aryl methyl sites for hydroxylation is 2. The summed E-state index contributed by atoms with van der Waals surface area (Å²) in [6.45, 7) is 5.27. The average Bonchev–Trinajstić information content (AvgIpc) is 3.37. The molecule has 0 spiro atoms. The lowest BCUT2D eigenvalue weighted by Gasteiger charge is -2.25. The highest BCUT2D eigenvalue weighted by Gasteiger charge is 2.27. The summed E-state index contributed by atoms with van der Waals surface area (Å²) in [5.41, 5.74) is 1.14. The molecular weight excluding hydrogens is 464 g/mol. The van der Waals surface area contributed by atoms with Gasteiger partial charge >= 0.3 is 11.8 Å². The number of carbonyl (C=O) groups is 1. The molecule has 0 radical (unpaired) electrons. The van der Waals surface area contributed by atoms with Gasteiger partial charge in [-0.3, -0.25) is 9.52 Å². The van der Waals surface area contributed by atoms with E-state index in [9.17, 15) is 13.2 Å². The molecule has 1 saturated heterocycles. The maximum Gasteiger partial charge on any atom is 0.316 e. The Balaban J connectivity index is 1.57. The van der Waals surface area contributed by atoms with Gasteiger partial charge in [-0.15, -0.1) is 11.3 Å². The molecule has 2 aromatic heterocycles. The number of amides is 1. The van der Waals surface area contributed by atoms with Gasteiger partial charge < -0.3 is 14.2 Å². The van der Waals surface area contributed by atoms with Gasteiger partial charge in [-0.2, -0.15) is 4.98 Å². The van der Waals surface area contributed by atoms with E-state index in [1.807, 2.05) is 0 Å². The van der Waals surface area contributed by atoms with Crippen LogP contribution < -0.4 is 4.72 Å². The molecule has 0 unspecified atom stereocenters. The van der Waals surface area contributed by atoms with E-state index in [0.29, 0.717) is 52.3 Å². The van der Waals surface area contributed by atoms with Crippen molar-refractivity contribution < 1.29 is 22.5 Å². The van der Waals surface area contributed by atoms with Crippen molar-refractivity contribution in [2.24, 2.45) is 0 Å². The van der Waals surface area contributed by atoms with Gasteiger partial charge in [-0.05, 0) is 43.7 Å². The number of sulfonamides is 1. The number of anilines is 1. The number of nitrogens with zero attached hydrogens (tertiary/aromatic N) is 3. The molecule has 1 fully saturated rings. The summed E-state index contributed by atoms with van der Waals surface area (Å²) < 4.78 is 38.8. The molecule has 1 aliphatic rings. The van der Waals surface area contributed by atoms with Crippen molar-refractivity contribution in [1.82, 2.24) is 15.0 Å². The molecule has 0 saturated carbocycles. The number of hydrogen-bond donors (Lipinski definition) is 1. The Morgan fingerprint density at radius 1 is 1.23 bits per heavy atom. The number of morpholine rings is 1. The number of nitrogens with one attached hydrogen (secondary N) is 1. The Bertz CT molecular complexity index is 1230. The van der Waals surface area contributed by atoms with Crippen molar-refractivity contribution in [1.29, 1.82) is 0 Å². The molecule has 1 aromatic carbocycles. The lowest BCUT2D eigenvalue weighted by Crippen LogP contribution is -2.40. The van der Waals surface area contributed by atoms with Gasteiger partial charge in [0.1, 0.15) is 4.90 Å². The van der Waals surface area contributed by atoms with Crippen molar-refractivity contribution in [3.8, 4) is 10.7 Å². The van der Waals surface area contributed by atoms with E-state index in [1.165, 1.54) is 17.4 Å². The molecule has 9 nitrogen and oxygen atoms in total. The minimum atomic E-state index is -3.85. The normalized spacial score (nSPS) is 14.6. The maximum absolute atomic E-state index is 12.9. The zero-order chi connectivity index (χ0) is 22.2. The fourth-order valence-electron chi connectivity index (χ4n) is 3.10. The van der Waals surface area contributed by atoms with Crippen LogP contribution in [0.1, 0.15) is 21.1 Å². The second-order valence-electron chi connectivity index (χ2n) is 6.92. The third-order valence-electron chi connectivity index (χ3n) is 4.72. The third-order valence-corrected chi connectivity index (χ3v) is 7.62. The Labute approximate surface area is 188 Å². The number of carbonyl (C=O) groups excluding carboxylic acids is 1. The fourth-order valence-corrected chi connectivity index (χ4v) is 5.97. The molecule has 31 heavy (non-hydrogen) atoms. The van der Waals surface area contributed by atoms with Crippen LogP contribution in [-0.2, 0) is 14.8 Å². The molecule has 0 bridgehead atoms. The monoisotopic (exact) mass is 482 g/mol. The van der Waals surface area contributed by atoms with Crippen LogP contribution >= 0.6 is 22.9 Å². The lowest BCUT2D eigenvalue weighted by atomic mass is 10.2. The highest BCUT2D eigenvalue weighted by atomic mass is 35.5. The Morgan fingerprint density at radius 3 is 2.68 bits per heavy atom. The first-order valence-electron chi connectivity index (χ1n) is 9.35. The lowest BCUT2D eigenvalue weighted by molar-refractivity contribution is 0.0272. The number of benzene rings is 1. The maximum atomic E-state index is 12.9. The molecule has 1 N–H and O–H groups in total. The summed E-state index contributed by atoms with van der Waals surface area (Å²) in [4.78, 5) is 19.4. The van der Waals surface area contributed by atoms with Gasteiger partial charge in [0.15, 0.2) is 0 Å². The van der Waals surface area contributed by atoms with Gasteiger partial charge in [0, 0.05) is 23.0 Å². The highest BCUT2D eigenvalue weighted by molar-refractivity contribution is 7.93. The first kappa shape index (κ1) is 21.8. The largest absolute Gasteiger partial charge is 0.378 e. The van der Waals surface area contributed by atoms with Crippen LogP contribution in [0.15, 0.2) is 33.7 Å². The topological polar surface area (TPSA) is 115 Å². The van der Waals surface area contributed by atoms with Crippen molar-refractivity contribution >= 4 is 44.6 Å². The first-order valence-corrected chi connectivity index (χ1v) is 12.0. The van der Waals surface area contributed by atoms with Gasteiger partial charge in [-0.25, -0.2) is 8.42 Å². The van der Waals surface area contributed by atoms with Crippen LogP contribution in [0.2, 0.25) is 5.02 Å². The van der Waals surface area contributed by atoms with Crippen LogP contribution in [0, 0.1) is 13.8 Å². The molecule has 164 valence electrons. The predicted octanol–water partition coefficient (Wildman–Crippen LogP) is 3.34. The average molecular weight is 483 g/mol. The fraction of sp³-hybridized carbons (Fsp3) is 0.316. The molecule has 3 aromatic rings.